The van der Waals surface area contributed by atoms with E-state index >= 15 is 0 Å². The van der Waals surface area contributed by atoms with Crippen molar-refractivity contribution in [1.29, 1.82) is 0 Å². The lowest BCUT2D eigenvalue weighted by Gasteiger charge is -2.36. The van der Waals surface area contributed by atoms with Crippen molar-refractivity contribution in [1.82, 2.24) is 15.1 Å². The van der Waals surface area contributed by atoms with Crippen molar-refractivity contribution in [3.63, 3.8) is 0 Å². The molecule has 0 spiro atoms. The van der Waals surface area contributed by atoms with E-state index in [1.54, 1.807) is 0 Å². The van der Waals surface area contributed by atoms with E-state index < -0.39 is 0 Å². The van der Waals surface area contributed by atoms with E-state index in [1.165, 1.54) is 38.9 Å². The summed E-state index contributed by atoms with van der Waals surface area (Å²) in [5.41, 5.74) is 5.45. The Morgan fingerprint density at radius 2 is 1.85 bits per heavy atom. The summed E-state index contributed by atoms with van der Waals surface area (Å²) in [5, 5.41) is 2.95. The maximum Gasteiger partial charge on any atom is 0.224 e. The highest BCUT2D eigenvalue weighted by Crippen LogP contribution is 2.32. The van der Waals surface area contributed by atoms with Crippen LogP contribution in [-0.4, -0.2) is 67.1 Å². The summed E-state index contributed by atoms with van der Waals surface area (Å²) in [5.74, 6) is 0.377. The van der Waals surface area contributed by atoms with Crippen LogP contribution < -0.4 is 11.1 Å². The molecule has 0 aromatic rings. The van der Waals surface area contributed by atoms with Crippen LogP contribution in [0.2, 0.25) is 0 Å². The molecule has 0 bridgehead atoms. The van der Waals surface area contributed by atoms with E-state index in [4.69, 9.17) is 5.73 Å². The van der Waals surface area contributed by atoms with Crippen molar-refractivity contribution < 1.29 is 4.79 Å². The number of carbonyl (C=O) groups is 1. The number of carbonyl (C=O) groups excluding carboxylic acids is 1. The highest BCUT2D eigenvalue weighted by Gasteiger charge is 2.38. The summed E-state index contributed by atoms with van der Waals surface area (Å²) < 4.78 is 0. The molecule has 0 radical (unpaired) electrons. The Morgan fingerprint density at radius 1 is 1.05 bits per heavy atom. The lowest BCUT2D eigenvalue weighted by molar-refractivity contribution is -0.126. The van der Waals surface area contributed by atoms with Gasteiger partial charge in [-0.1, -0.05) is 0 Å². The molecule has 1 saturated carbocycles. The van der Waals surface area contributed by atoms with Gasteiger partial charge in [-0.25, -0.2) is 0 Å². The molecule has 5 nitrogen and oxygen atoms in total. The topological polar surface area (TPSA) is 61.6 Å². The highest BCUT2D eigenvalue weighted by molar-refractivity contribution is 5.78. The van der Waals surface area contributed by atoms with Crippen LogP contribution in [0.4, 0.5) is 0 Å². The van der Waals surface area contributed by atoms with E-state index in [0.717, 1.165) is 25.4 Å². The first-order valence-corrected chi connectivity index (χ1v) is 8.24. The first-order chi connectivity index (χ1) is 9.78. The Balaban J connectivity index is 1.48. The zero-order valence-corrected chi connectivity index (χ0v) is 12.4. The lowest BCUT2D eigenvalue weighted by atomic mass is 9.95. The van der Waals surface area contributed by atoms with E-state index in [-0.39, 0.29) is 11.8 Å². The van der Waals surface area contributed by atoms with Crippen molar-refractivity contribution in [2.24, 2.45) is 11.7 Å². The fraction of sp³-hybridized carbons (Fsp3) is 0.933. The average molecular weight is 280 g/mol. The number of hydrogen-bond acceptors (Lipinski definition) is 4. The predicted octanol–water partition coefficient (Wildman–Crippen LogP) is 0.0100. The molecule has 3 aliphatic rings. The van der Waals surface area contributed by atoms with Gasteiger partial charge in [0.15, 0.2) is 0 Å². The molecule has 2 unspecified atom stereocenters. The summed E-state index contributed by atoms with van der Waals surface area (Å²) >= 11 is 0. The number of hydrogen-bond donors (Lipinski definition) is 2. The molecular weight excluding hydrogens is 252 g/mol. The van der Waals surface area contributed by atoms with Crippen LogP contribution in [0.3, 0.4) is 0 Å². The van der Waals surface area contributed by atoms with Gasteiger partial charge in [-0.2, -0.15) is 0 Å². The fourth-order valence-corrected chi connectivity index (χ4v) is 3.73. The summed E-state index contributed by atoms with van der Waals surface area (Å²) in [6.07, 6.45) is 6.27. The van der Waals surface area contributed by atoms with Gasteiger partial charge in [-0.05, 0) is 38.6 Å². The first kappa shape index (κ1) is 14.3. The molecule has 0 aromatic heterocycles. The van der Waals surface area contributed by atoms with Crippen molar-refractivity contribution in [3.05, 3.63) is 0 Å². The molecule has 5 heteroatoms. The zero-order valence-electron chi connectivity index (χ0n) is 12.4. The largest absolute Gasteiger partial charge is 0.355 e. The van der Waals surface area contributed by atoms with Crippen LogP contribution in [0.25, 0.3) is 0 Å². The van der Waals surface area contributed by atoms with Gasteiger partial charge in [0, 0.05) is 44.8 Å². The maximum absolute atomic E-state index is 12.1. The molecule has 1 aliphatic carbocycles. The van der Waals surface area contributed by atoms with Crippen LogP contribution in [-0.2, 0) is 4.79 Å². The van der Waals surface area contributed by atoms with Crippen LogP contribution >= 0.6 is 0 Å². The Bertz CT molecular complexity index is 345. The number of amides is 1. The third-order valence-corrected chi connectivity index (χ3v) is 5.04. The number of rotatable bonds is 5. The zero-order chi connectivity index (χ0) is 13.9. The van der Waals surface area contributed by atoms with Gasteiger partial charge in [0.2, 0.25) is 5.91 Å². The van der Waals surface area contributed by atoms with Gasteiger partial charge < -0.3 is 11.1 Å². The number of nitrogens with zero attached hydrogens (tertiary/aromatic N) is 2. The molecule has 2 aliphatic heterocycles. The summed E-state index contributed by atoms with van der Waals surface area (Å²) in [7, 11) is 0. The average Bonchev–Trinajstić information content (AvgIpc) is 3.22. The number of piperidine rings is 1. The third kappa shape index (κ3) is 3.32. The Labute approximate surface area is 121 Å². The molecule has 3 rings (SSSR count). The number of nitrogens with two attached hydrogens (primary N) is 1. The monoisotopic (exact) mass is 280 g/mol. The second-order valence-corrected chi connectivity index (χ2v) is 6.58. The van der Waals surface area contributed by atoms with Gasteiger partial charge >= 0.3 is 0 Å². The molecule has 0 aromatic carbocycles. The maximum atomic E-state index is 12.1. The van der Waals surface area contributed by atoms with Gasteiger partial charge in [0.05, 0.1) is 5.92 Å². The summed E-state index contributed by atoms with van der Waals surface area (Å²) in [4.78, 5) is 17.3. The molecule has 114 valence electrons. The Hall–Kier alpha value is -0.650. The Morgan fingerprint density at radius 3 is 2.60 bits per heavy atom. The van der Waals surface area contributed by atoms with Crippen LogP contribution in [0.5, 0.6) is 0 Å². The third-order valence-electron chi connectivity index (χ3n) is 5.04. The van der Waals surface area contributed by atoms with Crippen LogP contribution in [0.15, 0.2) is 0 Å². The number of nitrogens with one attached hydrogen (secondary N) is 1. The minimum absolute atomic E-state index is 0.172. The van der Waals surface area contributed by atoms with E-state index in [0.29, 0.717) is 19.1 Å². The van der Waals surface area contributed by atoms with Gasteiger partial charge in [-0.15, -0.1) is 0 Å². The van der Waals surface area contributed by atoms with Gasteiger partial charge in [0.25, 0.3) is 0 Å². The minimum Gasteiger partial charge on any atom is -0.355 e. The van der Waals surface area contributed by atoms with E-state index in [9.17, 15) is 4.79 Å². The van der Waals surface area contributed by atoms with Crippen molar-refractivity contribution in [2.45, 2.75) is 44.2 Å². The SMILES string of the molecule is NCCNC(=O)C1CCCN(C2CCN(C3CC3)C2)C1. The number of likely N-dealkylation sites (tertiary alicyclic amines) is 2. The van der Waals surface area contributed by atoms with Gasteiger partial charge in [0.1, 0.15) is 0 Å². The first-order valence-electron chi connectivity index (χ1n) is 8.24. The lowest BCUT2D eigenvalue weighted by Crippen LogP contribution is -2.48. The Kier molecular flexibility index (Phi) is 4.58. The van der Waals surface area contributed by atoms with Gasteiger partial charge in [-0.3, -0.25) is 14.6 Å². The predicted molar refractivity (Wildman–Crippen MR) is 79.4 cm³/mol. The van der Waals surface area contributed by atoms with Crippen molar-refractivity contribution in [2.75, 3.05) is 39.3 Å². The minimum atomic E-state index is 0.172. The quantitative estimate of drug-likeness (QED) is 0.745. The standard InChI is InChI=1S/C15H28N4O/c16-6-7-17-15(20)12-2-1-8-18(10-12)14-5-9-19(11-14)13-3-4-13/h12-14H,1-11,16H2,(H,17,20). The van der Waals surface area contributed by atoms with E-state index in [2.05, 4.69) is 15.1 Å². The van der Waals surface area contributed by atoms with Crippen molar-refractivity contribution in [3.8, 4) is 0 Å². The smallest absolute Gasteiger partial charge is 0.224 e. The second kappa shape index (κ2) is 6.41. The molecule has 20 heavy (non-hydrogen) atoms. The molecule has 2 atom stereocenters. The van der Waals surface area contributed by atoms with Crippen LogP contribution in [0, 0.1) is 5.92 Å². The molecule has 3 N–H and O–H groups in total. The highest BCUT2D eigenvalue weighted by atomic mass is 16.1. The van der Waals surface area contributed by atoms with Crippen LogP contribution in [0.1, 0.15) is 32.1 Å². The molecular formula is C15H28N4O. The molecule has 2 heterocycles. The molecule has 1 amide bonds. The van der Waals surface area contributed by atoms with Crippen molar-refractivity contribution >= 4 is 5.91 Å². The second-order valence-electron chi connectivity index (χ2n) is 6.58. The fourth-order valence-electron chi connectivity index (χ4n) is 3.73. The molecule has 2 saturated heterocycles. The summed E-state index contributed by atoms with van der Waals surface area (Å²) in [6.45, 7) is 5.73. The van der Waals surface area contributed by atoms with E-state index in [1.807, 2.05) is 0 Å². The summed E-state index contributed by atoms with van der Waals surface area (Å²) in [6, 6.07) is 1.56. The molecule has 3 fully saturated rings. The normalized spacial score (nSPS) is 32.5.